The zero-order chi connectivity index (χ0) is 11.4. The van der Waals surface area contributed by atoms with E-state index in [0.29, 0.717) is 23.7 Å². The van der Waals surface area contributed by atoms with Gasteiger partial charge in [-0.2, -0.15) is 4.98 Å². The molecule has 17 heavy (non-hydrogen) atoms. The number of nitrogens with zero attached hydrogens (tertiary/aromatic N) is 2. The lowest BCUT2D eigenvalue weighted by Gasteiger charge is -2.18. The molecular weight excluding hydrogens is 219 g/mol. The van der Waals surface area contributed by atoms with Crippen LogP contribution in [0.1, 0.15) is 25.7 Å². The molecule has 0 radical (unpaired) electrons. The maximum Gasteiger partial charge on any atom is 0.298 e. The van der Waals surface area contributed by atoms with Crippen molar-refractivity contribution >= 4 is 17.1 Å². The molecule has 0 amide bonds. The Morgan fingerprint density at radius 3 is 2.59 bits per heavy atom. The lowest BCUT2D eigenvalue weighted by molar-refractivity contribution is 0.556. The summed E-state index contributed by atoms with van der Waals surface area (Å²) in [6.45, 7) is 0. The van der Waals surface area contributed by atoms with Crippen molar-refractivity contribution in [2.45, 2.75) is 37.8 Å². The SMILES string of the molecule is Fc1ccc2nc(N3C4CCC3CC4)oc2c1. The van der Waals surface area contributed by atoms with Crippen LogP contribution in [0.25, 0.3) is 11.1 Å². The van der Waals surface area contributed by atoms with E-state index in [-0.39, 0.29) is 5.82 Å². The first kappa shape index (κ1) is 9.45. The molecule has 1 aromatic carbocycles. The summed E-state index contributed by atoms with van der Waals surface area (Å²) in [6, 6.07) is 6.35. The highest BCUT2D eigenvalue weighted by molar-refractivity contribution is 5.74. The van der Waals surface area contributed by atoms with E-state index in [2.05, 4.69) is 9.88 Å². The molecule has 4 rings (SSSR count). The number of anilines is 1. The summed E-state index contributed by atoms with van der Waals surface area (Å²) in [4.78, 5) is 6.76. The minimum Gasteiger partial charge on any atom is -0.423 e. The molecule has 2 saturated heterocycles. The molecule has 1 aromatic heterocycles. The predicted octanol–water partition coefficient (Wildman–Crippen LogP) is 3.10. The number of benzene rings is 1. The second-order valence-electron chi connectivity index (χ2n) is 4.98. The highest BCUT2D eigenvalue weighted by Gasteiger charge is 2.41. The number of fused-ring (bicyclic) bond motifs is 3. The van der Waals surface area contributed by atoms with Gasteiger partial charge in [0.05, 0.1) is 0 Å². The molecule has 2 aromatic rings. The van der Waals surface area contributed by atoms with E-state index in [1.54, 1.807) is 6.07 Å². The summed E-state index contributed by atoms with van der Waals surface area (Å²) >= 11 is 0. The van der Waals surface area contributed by atoms with Gasteiger partial charge in [0, 0.05) is 18.2 Å². The Hall–Kier alpha value is -1.58. The zero-order valence-electron chi connectivity index (χ0n) is 9.40. The van der Waals surface area contributed by atoms with Gasteiger partial charge in [-0.25, -0.2) is 4.39 Å². The first-order chi connectivity index (χ1) is 8.31. The standard InChI is InChI=1S/C13H13FN2O/c14-8-1-6-11-12(7-8)17-13(15-11)16-9-2-3-10(16)5-4-9/h1,6-7,9-10H,2-5H2. The minimum atomic E-state index is -0.274. The van der Waals surface area contributed by atoms with Crippen LogP contribution >= 0.6 is 0 Å². The monoisotopic (exact) mass is 232 g/mol. The van der Waals surface area contributed by atoms with Crippen LogP contribution in [-0.4, -0.2) is 17.1 Å². The van der Waals surface area contributed by atoms with Crippen LogP contribution in [0.5, 0.6) is 0 Å². The van der Waals surface area contributed by atoms with Crippen molar-refractivity contribution in [3.8, 4) is 0 Å². The first-order valence-corrected chi connectivity index (χ1v) is 6.16. The van der Waals surface area contributed by atoms with Crippen LogP contribution in [0.4, 0.5) is 10.4 Å². The number of halogens is 1. The van der Waals surface area contributed by atoms with Crippen molar-refractivity contribution in [2.75, 3.05) is 4.90 Å². The third-order valence-corrected chi connectivity index (χ3v) is 4.01. The maximum absolute atomic E-state index is 13.1. The molecule has 2 aliphatic rings. The number of hydrogen-bond acceptors (Lipinski definition) is 3. The van der Waals surface area contributed by atoms with E-state index in [1.807, 2.05) is 0 Å². The van der Waals surface area contributed by atoms with Crippen molar-refractivity contribution in [2.24, 2.45) is 0 Å². The molecule has 88 valence electrons. The number of hydrogen-bond donors (Lipinski definition) is 0. The van der Waals surface area contributed by atoms with Crippen LogP contribution in [0.3, 0.4) is 0 Å². The van der Waals surface area contributed by atoms with Crippen LogP contribution in [0.15, 0.2) is 22.6 Å². The molecule has 2 fully saturated rings. The summed E-state index contributed by atoms with van der Waals surface area (Å²) < 4.78 is 18.8. The lowest BCUT2D eigenvalue weighted by atomic mass is 10.0. The van der Waals surface area contributed by atoms with Gasteiger partial charge in [-0.3, -0.25) is 0 Å². The van der Waals surface area contributed by atoms with Gasteiger partial charge in [-0.15, -0.1) is 0 Å². The van der Waals surface area contributed by atoms with Gasteiger partial charge in [-0.1, -0.05) is 0 Å². The number of aromatic nitrogens is 1. The first-order valence-electron chi connectivity index (χ1n) is 6.16. The van der Waals surface area contributed by atoms with Gasteiger partial charge >= 0.3 is 0 Å². The van der Waals surface area contributed by atoms with E-state index in [4.69, 9.17) is 4.42 Å². The Morgan fingerprint density at radius 1 is 1.18 bits per heavy atom. The van der Waals surface area contributed by atoms with Crippen molar-refractivity contribution in [3.63, 3.8) is 0 Å². The Kier molecular flexibility index (Phi) is 1.79. The fraction of sp³-hybridized carbons (Fsp3) is 0.462. The van der Waals surface area contributed by atoms with Gasteiger partial charge < -0.3 is 9.32 Å². The molecule has 3 nitrogen and oxygen atoms in total. The van der Waals surface area contributed by atoms with E-state index in [1.165, 1.54) is 37.8 Å². The van der Waals surface area contributed by atoms with Crippen molar-refractivity contribution < 1.29 is 8.81 Å². The van der Waals surface area contributed by atoms with Gasteiger partial charge in [-0.05, 0) is 37.8 Å². The van der Waals surface area contributed by atoms with Crippen molar-refractivity contribution in [1.29, 1.82) is 0 Å². The Balaban J connectivity index is 1.81. The summed E-state index contributed by atoms with van der Waals surface area (Å²) in [5.41, 5.74) is 1.29. The predicted molar refractivity (Wildman–Crippen MR) is 62.5 cm³/mol. The van der Waals surface area contributed by atoms with E-state index >= 15 is 0 Å². The molecule has 0 N–H and O–H groups in total. The molecule has 2 bridgehead atoms. The van der Waals surface area contributed by atoms with Crippen LogP contribution in [-0.2, 0) is 0 Å². The molecule has 3 heterocycles. The van der Waals surface area contributed by atoms with Gasteiger partial charge in [0.15, 0.2) is 5.58 Å². The highest BCUT2D eigenvalue weighted by atomic mass is 19.1. The fourth-order valence-electron chi connectivity index (χ4n) is 3.22. The molecule has 0 spiro atoms. The molecular formula is C13H13FN2O. The smallest absolute Gasteiger partial charge is 0.298 e. The maximum atomic E-state index is 13.1. The van der Waals surface area contributed by atoms with Crippen LogP contribution in [0.2, 0.25) is 0 Å². The van der Waals surface area contributed by atoms with E-state index in [0.717, 1.165) is 5.52 Å². The van der Waals surface area contributed by atoms with E-state index < -0.39 is 0 Å². The topological polar surface area (TPSA) is 29.3 Å². The van der Waals surface area contributed by atoms with Crippen LogP contribution < -0.4 is 4.90 Å². The summed E-state index contributed by atoms with van der Waals surface area (Å²) in [5, 5.41) is 0. The van der Waals surface area contributed by atoms with Gasteiger partial charge in [0.1, 0.15) is 11.3 Å². The molecule has 0 atom stereocenters. The Labute approximate surface area is 98.2 Å². The molecule has 2 aliphatic heterocycles. The molecule has 0 unspecified atom stereocenters. The fourth-order valence-corrected chi connectivity index (χ4v) is 3.22. The largest absolute Gasteiger partial charge is 0.423 e. The zero-order valence-corrected chi connectivity index (χ0v) is 9.40. The second kappa shape index (κ2) is 3.22. The summed E-state index contributed by atoms with van der Waals surface area (Å²) in [5.74, 6) is -0.274. The lowest BCUT2D eigenvalue weighted by Crippen LogP contribution is -2.28. The Morgan fingerprint density at radius 2 is 1.88 bits per heavy atom. The third kappa shape index (κ3) is 1.30. The summed E-state index contributed by atoms with van der Waals surface area (Å²) in [6.07, 6.45) is 4.94. The molecule has 0 aliphatic carbocycles. The average Bonchev–Trinajstić information content (AvgIpc) is 2.99. The number of rotatable bonds is 1. The van der Waals surface area contributed by atoms with Gasteiger partial charge in [0.25, 0.3) is 6.01 Å². The van der Waals surface area contributed by atoms with Gasteiger partial charge in [0.2, 0.25) is 0 Å². The van der Waals surface area contributed by atoms with Crippen molar-refractivity contribution in [1.82, 2.24) is 4.98 Å². The normalized spacial score (nSPS) is 27.2. The van der Waals surface area contributed by atoms with E-state index in [9.17, 15) is 4.39 Å². The summed E-state index contributed by atoms with van der Waals surface area (Å²) in [7, 11) is 0. The second-order valence-corrected chi connectivity index (χ2v) is 4.98. The quantitative estimate of drug-likeness (QED) is 0.756. The van der Waals surface area contributed by atoms with Crippen LogP contribution in [0, 0.1) is 5.82 Å². The molecule has 0 saturated carbocycles. The number of oxazole rings is 1. The molecule has 4 heteroatoms. The Bertz CT molecular complexity index is 560. The average molecular weight is 232 g/mol. The highest BCUT2D eigenvalue weighted by Crippen LogP contribution is 2.41. The van der Waals surface area contributed by atoms with Crippen molar-refractivity contribution in [3.05, 3.63) is 24.0 Å². The minimum absolute atomic E-state index is 0.274. The third-order valence-electron chi connectivity index (χ3n) is 4.01.